The van der Waals surface area contributed by atoms with Crippen LogP contribution < -0.4 is 9.46 Å². The molecule has 12 heteroatoms. The molecule has 0 saturated carbocycles. The highest BCUT2D eigenvalue weighted by molar-refractivity contribution is 7.89. The summed E-state index contributed by atoms with van der Waals surface area (Å²) in [7, 11) is -4.06. The Morgan fingerprint density at radius 2 is 1.71 bits per heavy atom. The molecule has 0 amide bonds. The Labute approximate surface area is 187 Å². The molecule has 6 nitrogen and oxygen atoms in total. The van der Waals surface area contributed by atoms with Gasteiger partial charge in [0.05, 0.1) is 34.2 Å². The van der Waals surface area contributed by atoms with Gasteiger partial charge in [-0.05, 0) is 42.0 Å². The number of hydrogen-bond donors (Lipinski definition) is 1. The van der Waals surface area contributed by atoms with Crippen LogP contribution in [0.4, 0.5) is 13.2 Å². The summed E-state index contributed by atoms with van der Waals surface area (Å²) in [5, 5.41) is 0.609. The number of alkyl halides is 3. The lowest BCUT2D eigenvalue weighted by Gasteiger charge is -2.31. The Bertz CT molecular complexity index is 998. The fourth-order valence-electron chi connectivity index (χ4n) is 3.06. The lowest BCUT2D eigenvalue weighted by Crippen LogP contribution is -2.43. The van der Waals surface area contributed by atoms with E-state index in [-0.39, 0.29) is 9.92 Å². The third-order valence-corrected chi connectivity index (χ3v) is 6.78. The monoisotopic (exact) mass is 498 g/mol. The maximum absolute atomic E-state index is 12.9. The Hall–Kier alpha value is -1.56. The predicted molar refractivity (Wildman–Crippen MR) is 110 cm³/mol. The predicted octanol–water partition coefficient (Wildman–Crippen LogP) is 4.24. The van der Waals surface area contributed by atoms with E-state index in [1.54, 1.807) is 18.2 Å². The first kappa shape index (κ1) is 24.1. The van der Waals surface area contributed by atoms with Crippen molar-refractivity contribution >= 4 is 33.2 Å². The van der Waals surface area contributed by atoms with E-state index >= 15 is 0 Å². The van der Waals surface area contributed by atoms with Crippen LogP contribution in [0.2, 0.25) is 10.0 Å². The SMILES string of the molecule is O=S(=O)(N[C@@H](CN1CCOCC1)c1ccc(Cl)c(Cl)c1)c1ccc(OC(F)(F)F)cc1. The van der Waals surface area contributed by atoms with Gasteiger partial charge in [-0.1, -0.05) is 29.3 Å². The Morgan fingerprint density at radius 1 is 1.06 bits per heavy atom. The minimum Gasteiger partial charge on any atom is -0.406 e. The largest absolute Gasteiger partial charge is 0.573 e. The van der Waals surface area contributed by atoms with Crippen LogP contribution in [0.5, 0.6) is 5.75 Å². The molecule has 1 atom stereocenters. The minimum atomic E-state index is -4.87. The average Bonchev–Trinajstić information content (AvgIpc) is 2.69. The molecule has 1 N–H and O–H groups in total. The van der Waals surface area contributed by atoms with Crippen molar-refractivity contribution < 1.29 is 31.1 Å². The molecule has 3 rings (SSSR count). The van der Waals surface area contributed by atoms with Crippen molar-refractivity contribution in [3.63, 3.8) is 0 Å². The van der Waals surface area contributed by atoms with Crippen LogP contribution in [-0.2, 0) is 14.8 Å². The summed E-state index contributed by atoms with van der Waals surface area (Å²) in [6.07, 6.45) is -4.87. The molecule has 1 heterocycles. The number of ether oxygens (including phenoxy) is 2. The lowest BCUT2D eigenvalue weighted by molar-refractivity contribution is -0.274. The van der Waals surface area contributed by atoms with E-state index in [2.05, 4.69) is 9.46 Å². The van der Waals surface area contributed by atoms with Crippen LogP contribution in [0, 0.1) is 0 Å². The number of nitrogens with zero attached hydrogens (tertiary/aromatic N) is 1. The average molecular weight is 499 g/mol. The second-order valence-electron chi connectivity index (χ2n) is 6.78. The summed E-state index contributed by atoms with van der Waals surface area (Å²) in [4.78, 5) is 1.84. The number of sulfonamides is 1. The van der Waals surface area contributed by atoms with Crippen LogP contribution in [-0.4, -0.2) is 52.5 Å². The molecule has 1 aliphatic heterocycles. The second-order valence-corrected chi connectivity index (χ2v) is 9.31. The molecule has 2 aromatic rings. The van der Waals surface area contributed by atoms with E-state index in [1.165, 1.54) is 0 Å². The van der Waals surface area contributed by atoms with Gasteiger partial charge in [-0.2, -0.15) is 0 Å². The fourth-order valence-corrected chi connectivity index (χ4v) is 4.58. The number of rotatable bonds is 7. The number of hydrogen-bond acceptors (Lipinski definition) is 5. The summed E-state index contributed by atoms with van der Waals surface area (Å²) in [5.74, 6) is -0.513. The van der Waals surface area contributed by atoms with Crippen molar-refractivity contribution in [1.29, 1.82) is 0 Å². The van der Waals surface area contributed by atoms with Crippen molar-refractivity contribution in [3.8, 4) is 5.75 Å². The first-order valence-electron chi connectivity index (χ1n) is 9.17. The molecule has 1 saturated heterocycles. The van der Waals surface area contributed by atoms with Crippen molar-refractivity contribution in [3.05, 3.63) is 58.1 Å². The van der Waals surface area contributed by atoms with Crippen LogP contribution in [0.15, 0.2) is 47.4 Å². The third kappa shape index (κ3) is 6.96. The molecular weight excluding hydrogens is 480 g/mol. The quantitative estimate of drug-likeness (QED) is 0.618. The molecule has 0 radical (unpaired) electrons. The number of morpholine rings is 1. The Morgan fingerprint density at radius 3 is 2.29 bits per heavy atom. The molecule has 1 fully saturated rings. The van der Waals surface area contributed by atoms with E-state index in [4.69, 9.17) is 27.9 Å². The zero-order chi connectivity index (χ0) is 22.6. The molecular formula is C19H19Cl2F3N2O4S. The highest BCUT2D eigenvalue weighted by atomic mass is 35.5. The Kier molecular flexibility index (Phi) is 7.72. The molecule has 0 unspecified atom stereocenters. The minimum absolute atomic E-state index is 0.200. The van der Waals surface area contributed by atoms with Gasteiger partial charge in [0.2, 0.25) is 10.0 Å². The van der Waals surface area contributed by atoms with E-state index in [9.17, 15) is 21.6 Å². The summed E-state index contributed by atoms with van der Waals surface area (Å²) in [5.41, 5.74) is 0.599. The van der Waals surface area contributed by atoms with Gasteiger partial charge in [0.15, 0.2) is 0 Å². The number of nitrogens with one attached hydrogen (secondary N) is 1. The van der Waals surface area contributed by atoms with Crippen LogP contribution in [0.25, 0.3) is 0 Å². The van der Waals surface area contributed by atoms with Gasteiger partial charge >= 0.3 is 6.36 Å². The highest BCUT2D eigenvalue weighted by Gasteiger charge is 2.31. The first-order chi connectivity index (χ1) is 14.5. The summed E-state index contributed by atoms with van der Waals surface area (Å²) in [6.45, 7) is 2.66. The molecule has 31 heavy (non-hydrogen) atoms. The zero-order valence-electron chi connectivity index (χ0n) is 16.0. The topological polar surface area (TPSA) is 67.9 Å². The summed E-state index contributed by atoms with van der Waals surface area (Å²) in [6, 6.07) is 8.12. The standard InChI is InChI=1S/C19H19Cl2F3N2O4S/c20-16-6-1-13(11-17(16)21)18(12-26-7-9-29-10-8-26)25-31(27,28)15-4-2-14(3-5-15)30-19(22,23)24/h1-6,11,18,25H,7-10,12H2/t18-/m0/s1. The van der Waals surface area contributed by atoms with E-state index in [0.29, 0.717) is 43.4 Å². The van der Waals surface area contributed by atoms with Gasteiger partial charge in [0.25, 0.3) is 0 Å². The second kappa shape index (κ2) is 9.93. The first-order valence-corrected chi connectivity index (χ1v) is 11.4. The number of halogens is 5. The van der Waals surface area contributed by atoms with Gasteiger partial charge < -0.3 is 9.47 Å². The molecule has 170 valence electrons. The van der Waals surface area contributed by atoms with Crippen molar-refractivity contribution in [1.82, 2.24) is 9.62 Å². The van der Waals surface area contributed by atoms with Gasteiger partial charge in [-0.25, -0.2) is 13.1 Å². The van der Waals surface area contributed by atoms with E-state index in [1.807, 2.05) is 4.90 Å². The molecule has 0 aromatic heterocycles. The lowest BCUT2D eigenvalue weighted by atomic mass is 10.1. The van der Waals surface area contributed by atoms with Crippen LogP contribution in [0.1, 0.15) is 11.6 Å². The smallest absolute Gasteiger partial charge is 0.406 e. The van der Waals surface area contributed by atoms with E-state index < -0.39 is 28.2 Å². The van der Waals surface area contributed by atoms with Gasteiger partial charge in [-0.3, -0.25) is 4.90 Å². The summed E-state index contributed by atoms with van der Waals surface area (Å²) < 4.78 is 74.6. The maximum atomic E-state index is 12.9. The highest BCUT2D eigenvalue weighted by Crippen LogP contribution is 2.28. The third-order valence-electron chi connectivity index (χ3n) is 4.56. The van der Waals surface area contributed by atoms with Gasteiger partial charge in [-0.15, -0.1) is 13.2 Å². The molecule has 1 aliphatic rings. The fraction of sp³-hybridized carbons (Fsp3) is 0.368. The maximum Gasteiger partial charge on any atom is 0.573 e. The van der Waals surface area contributed by atoms with Crippen molar-refractivity contribution in [2.75, 3.05) is 32.8 Å². The van der Waals surface area contributed by atoms with Gasteiger partial charge in [0.1, 0.15) is 5.75 Å². The van der Waals surface area contributed by atoms with Crippen molar-refractivity contribution in [2.24, 2.45) is 0 Å². The molecule has 0 aliphatic carbocycles. The van der Waals surface area contributed by atoms with Crippen LogP contribution >= 0.6 is 23.2 Å². The van der Waals surface area contributed by atoms with Crippen LogP contribution in [0.3, 0.4) is 0 Å². The Balaban J connectivity index is 1.83. The van der Waals surface area contributed by atoms with Crippen molar-refractivity contribution in [2.45, 2.75) is 17.3 Å². The molecule has 0 bridgehead atoms. The summed E-state index contributed by atoms with van der Waals surface area (Å²) >= 11 is 12.1. The normalized spacial score (nSPS) is 16.8. The van der Waals surface area contributed by atoms with Gasteiger partial charge in [0, 0.05) is 19.6 Å². The molecule has 2 aromatic carbocycles. The van der Waals surface area contributed by atoms with E-state index in [0.717, 1.165) is 24.3 Å². The number of benzene rings is 2. The zero-order valence-corrected chi connectivity index (χ0v) is 18.4. The molecule has 0 spiro atoms.